The Bertz CT molecular complexity index is 482. The zero-order valence-electron chi connectivity index (χ0n) is 11.8. The largest absolute Gasteiger partial charge is 0.503 e. The second-order valence-electron chi connectivity index (χ2n) is 4.85. The van der Waals surface area contributed by atoms with Gasteiger partial charge in [-0.05, 0) is 40.5 Å². The normalized spacial score (nSPS) is 18.0. The molecule has 118 valence electrons. The van der Waals surface area contributed by atoms with E-state index in [1.807, 2.05) is 0 Å². The van der Waals surface area contributed by atoms with Crippen molar-refractivity contribution in [2.24, 2.45) is 0 Å². The molecule has 0 radical (unpaired) electrons. The van der Waals surface area contributed by atoms with Gasteiger partial charge in [-0.2, -0.15) is 0 Å². The minimum Gasteiger partial charge on any atom is -0.503 e. The molecule has 0 spiro atoms. The predicted octanol–water partition coefficient (Wildman–Crippen LogP) is 2.76. The van der Waals surface area contributed by atoms with E-state index in [1.165, 1.54) is 12.1 Å². The number of alkyl halides is 2. The lowest BCUT2D eigenvalue weighted by Crippen LogP contribution is -2.46. The Morgan fingerprint density at radius 3 is 2.62 bits per heavy atom. The van der Waals surface area contributed by atoms with Gasteiger partial charge in [-0.25, -0.2) is 8.78 Å². The van der Waals surface area contributed by atoms with Gasteiger partial charge in [0.2, 0.25) is 0 Å². The van der Waals surface area contributed by atoms with Crippen LogP contribution >= 0.6 is 15.9 Å². The van der Waals surface area contributed by atoms with Gasteiger partial charge in [0.1, 0.15) is 0 Å². The summed E-state index contributed by atoms with van der Waals surface area (Å²) >= 11 is 3.20. The van der Waals surface area contributed by atoms with Gasteiger partial charge in [0, 0.05) is 26.2 Å². The smallest absolute Gasteiger partial charge is 0.258 e. The molecule has 2 N–H and O–H groups in total. The second-order valence-corrected chi connectivity index (χ2v) is 5.70. The van der Waals surface area contributed by atoms with Crippen molar-refractivity contribution >= 4 is 15.9 Å². The molecular formula is C14H19BrF2N2O2. The molecule has 0 unspecified atom stereocenters. The molecule has 0 bridgehead atoms. The van der Waals surface area contributed by atoms with Crippen molar-refractivity contribution in [3.63, 3.8) is 0 Å². The molecule has 2 rings (SSSR count). The van der Waals surface area contributed by atoms with Crippen molar-refractivity contribution < 1.29 is 18.6 Å². The van der Waals surface area contributed by atoms with Crippen LogP contribution in [0.4, 0.5) is 8.78 Å². The first-order valence-corrected chi connectivity index (χ1v) is 7.72. The molecule has 1 heterocycles. The Hall–Kier alpha value is -0.920. The van der Waals surface area contributed by atoms with E-state index in [1.54, 1.807) is 11.8 Å². The Balaban J connectivity index is 2.35. The molecule has 0 aromatic heterocycles. The topological polar surface area (TPSA) is 44.7 Å². The maximum absolute atomic E-state index is 13.5. The van der Waals surface area contributed by atoms with Crippen LogP contribution in [0.5, 0.6) is 11.5 Å². The lowest BCUT2D eigenvalue weighted by Gasteiger charge is -2.34. The first-order chi connectivity index (χ1) is 10.0. The summed E-state index contributed by atoms with van der Waals surface area (Å²) in [5.41, 5.74) is 0.444. The SMILES string of the molecule is CCOc1cc([C@H](C(F)F)N2CCNCC2)cc(Br)c1O. The third-order valence-corrected chi connectivity index (χ3v) is 4.08. The monoisotopic (exact) mass is 364 g/mol. The van der Waals surface area contributed by atoms with Gasteiger partial charge in [0.15, 0.2) is 11.5 Å². The van der Waals surface area contributed by atoms with Gasteiger partial charge < -0.3 is 15.2 Å². The minimum atomic E-state index is -2.51. The molecule has 7 heteroatoms. The number of hydrogen-bond donors (Lipinski definition) is 2. The van der Waals surface area contributed by atoms with E-state index >= 15 is 0 Å². The van der Waals surface area contributed by atoms with E-state index in [0.29, 0.717) is 42.8 Å². The van der Waals surface area contributed by atoms with E-state index in [2.05, 4.69) is 21.2 Å². The number of hydrogen-bond acceptors (Lipinski definition) is 4. The number of benzene rings is 1. The minimum absolute atomic E-state index is 0.0612. The summed E-state index contributed by atoms with van der Waals surface area (Å²) < 4.78 is 32.8. The highest BCUT2D eigenvalue weighted by atomic mass is 79.9. The van der Waals surface area contributed by atoms with Crippen LogP contribution < -0.4 is 10.1 Å². The van der Waals surface area contributed by atoms with Gasteiger partial charge in [0.05, 0.1) is 17.1 Å². The summed E-state index contributed by atoms with van der Waals surface area (Å²) in [6.45, 7) is 4.66. The van der Waals surface area contributed by atoms with Gasteiger partial charge >= 0.3 is 0 Å². The summed E-state index contributed by atoms with van der Waals surface area (Å²) in [6.07, 6.45) is -2.51. The van der Waals surface area contributed by atoms with Crippen LogP contribution in [-0.2, 0) is 0 Å². The molecule has 1 saturated heterocycles. The van der Waals surface area contributed by atoms with E-state index < -0.39 is 12.5 Å². The summed E-state index contributed by atoms with van der Waals surface area (Å²) in [7, 11) is 0. The van der Waals surface area contributed by atoms with Crippen molar-refractivity contribution in [2.45, 2.75) is 19.4 Å². The van der Waals surface area contributed by atoms with Crippen LogP contribution in [-0.4, -0.2) is 49.2 Å². The van der Waals surface area contributed by atoms with Crippen LogP contribution in [0.1, 0.15) is 18.5 Å². The summed E-state index contributed by atoms with van der Waals surface area (Å²) in [5, 5.41) is 13.1. The molecule has 1 aromatic carbocycles. The molecule has 1 aliphatic heterocycles. The molecule has 21 heavy (non-hydrogen) atoms. The molecule has 1 aromatic rings. The number of nitrogens with one attached hydrogen (secondary N) is 1. The van der Waals surface area contributed by atoms with Gasteiger partial charge in [-0.1, -0.05) is 0 Å². The number of phenols is 1. The van der Waals surface area contributed by atoms with E-state index in [0.717, 1.165) is 0 Å². The van der Waals surface area contributed by atoms with E-state index in [9.17, 15) is 13.9 Å². The third-order valence-electron chi connectivity index (χ3n) is 3.48. The number of nitrogens with zero attached hydrogens (tertiary/aromatic N) is 1. The van der Waals surface area contributed by atoms with Crippen molar-refractivity contribution in [3.8, 4) is 11.5 Å². The van der Waals surface area contributed by atoms with Crippen molar-refractivity contribution in [3.05, 3.63) is 22.2 Å². The highest BCUT2D eigenvalue weighted by molar-refractivity contribution is 9.10. The number of halogens is 3. The van der Waals surface area contributed by atoms with Crippen LogP contribution in [0.2, 0.25) is 0 Å². The van der Waals surface area contributed by atoms with Crippen LogP contribution in [0.3, 0.4) is 0 Å². The van der Waals surface area contributed by atoms with E-state index in [4.69, 9.17) is 4.74 Å². The Kier molecular flexibility index (Phi) is 5.78. The molecule has 0 aliphatic carbocycles. The first kappa shape index (κ1) is 16.5. The van der Waals surface area contributed by atoms with E-state index in [-0.39, 0.29) is 11.5 Å². The molecule has 1 aliphatic rings. The first-order valence-electron chi connectivity index (χ1n) is 6.92. The van der Waals surface area contributed by atoms with Crippen LogP contribution in [0, 0.1) is 0 Å². The Labute approximate surface area is 131 Å². The summed E-state index contributed by atoms with van der Waals surface area (Å²) in [6, 6.07) is 2.04. The lowest BCUT2D eigenvalue weighted by atomic mass is 10.0. The second kappa shape index (κ2) is 7.38. The number of rotatable bonds is 5. The Morgan fingerprint density at radius 1 is 1.38 bits per heavy atom. The summed E-state index contributed by atoms with van der Waals surface area (Å²) in [4.78, 5) is 1.76. The molecule has 1 fully saturated rings. The number of piperazine rings is 1. The van der Waals surface area contributed by atoms with Gasteiger partial charge in [-0.3, -0.25) is 4.90 Å². The van der Waals surface area contributed by atoms with Gasteiger partial charge in [0.25, 0.3) is 6.43 Å². The number of ether oxygens (including phenoxy) is 1. The standard InChI is InChI=1S/C14H19BrF2N2O2/c1-2-21-11-8-9(7-10(15)13(11)20)12(14(16)17)19-5-3-18-4-6-19/h7-8,12,14,18,20H,2-6H2,1H3/t12-/m1/s1. The van der Waals surface area contributed by atoms with Crippen molar-refractivity contribution in [2.75, 3.05) is 32.8 Å². The zero-order chi connectivity index (χ0) is 15.4. The molecule has 4 nitrogen and oxygen atoms in total. The quantitative estimate of drug-likeness (QED) is 0.843. The average Bonchev–Trinajstić information content (AvgIpc) is 2.45. The molecular weight excluding hydrogens is 346 g/mol. The average molecular weight is 365 g/mol. The zero-order valence-corrected chi connectivity index (χ0v) is 13.4. The highest BCUT2D eigenvalue weighted by Crippen LogP contribution is 2.39. The maximum atomic E-state index is 13.5. The third kappa shape index (κ3) is 3.84. The van der Waals surface area contributed by atoms with Crippen molar-refractivity contribution in [1.82, 2.24) is 10.2 Å². The predicted molar refractivity (Wildman–Crippen MR) is 80.2 cm³/mol. The Morgan fingerprint density at radius 2 is 2.05 bits per heavy atom. The molecule has 0 amide bonds. The fraction of sp³-hybridized carbons (Fsp3) is 0.571. The lowest BCUT2D eigenvalue weighted by molar-refractivity contribution is 0.0180. The van der Waals surface area contributed by atoms with Crippen molar-refractivity contribution in [1.29, 1.82) is 0 Å². The number of phenolic OH excluding ortho intramolecular Hbond substituents is 1. The van der Waals surface area contributed by atoms with Gasteiger partial charge in [-0.15, -0.1) is 0 Å². The molecule has 0 saturated carbocycles. The highest BCUT2D eigenvalue weighted by Gasteiger charge is 2.31. The molecule has 1 atom stereocenters. The fourth-order valence-corrected chi connectivity index (χ4v) is 2.97. The summed E-state index contributed by atoms with van der Waals surface area (Å²) in [5.74, 6) is 0.164. The number of aromatic hydroxyl groups is 1. The fourth-order valence-electron chi connectivity index (χ4n) is 2.51. The van der Waals surface area contributed by atoms with Crippen LogP contribution in [0.25, 0.3) is 0 Å². The maximum Gasteiger partial charge on any atom is 0.258 e. The van der Waals surface area contributed by atoms with Crippen LogP contribution in [0.15, 0.2) is 16.6 Å².